The molecule has 0 unspecified atom stereocenters. The fourth-order valence-corrected chi connectivity index (χ4v) is 1.94. The molecule has 7 nitrogen and oxygen atoms in total. The quantitative estimate of drug-likeness (QED) is 0.534. The van der Waals surface area contributed by atoms with Crippen molar-refractivity contribution in [3.8, 4) is 0 Å². The molecule has 128 valence electrons. The number of pyridine rings is 1. The van der Waals surface area contributed by atoms with E-state index >= 15 is 0 Å². The molecule has 0 aliphatic rings. The maximum atomic E-state index is 11.9. The van der Waals surface area contributed by atoms with Gasteiger partial charge in [-0.25, -0.2) is 9.98 Å². The number of hydrogen-bond acceptors (Lipinski definition) is 4. The van der Waals surface area contributed by atoms with Crippen LogP contribution >= 0.6 is 0 Å². The van der Waals surface area contributed by atoms with Crippen molar-refractivity contribution in [2.75, 3.05) is 18.4 Å². The monoisotopic (exact) mass is 329 g/mol. The van der Waals surface area contributed by atoms with Gasteiger partial charge in [0, 0.05) is 25.7 Å². The predicted octanol–water partition coefficient (Wildman–Crippen LogP) is 2.07. The first kappa shape index (κ1) is 17.5. The lowest BCUT2D eigenvalue weighted by molar-refractivity contribution is -0.116. The topological polar surface area (TPSA) is 91.5 Å². The molecule has 0 atom stereocenters. The van der Waals surface area contributed by atoms with Crippen LogP contribution in [-0.2, 0) is 11.3 Å². The predicted molar refractivity (Wildman–Crippen MR) is 93.7 cm³/mol. The lowest BCUT2D eigenvalue weighted by Gasteiger charge is -2.11. The number of amides is 1. The Hall–Kier alpha value is -2.83. The Morgan fingerprint density at radius 1 is 1.29 bits per heavy atom. The van der Waals surface area contributed by atoms with Crippen LogP contribution in [0, 0.1) is 6.92 Å². The minimum absolute atomic E-state index is 0.0965. The summed E-state index contributed by atoms with van der Waals surface area (Å²) in [5.74, 6) is 1.90. The van der Waals surface area contributed by atoms with Crippen LogP contribution in [0.25, 0.3) is 0 Å². The van der Waals surface area contributed by atoms with Gasteiger partial charge in [0.25, 0.3) is 0 Å². The summed E-state index contributed by atoms with van der Waals surface area (Å²) in [5.41, 5.74) is 1.05. The van der Waals surface area contributed by atoms with Crippen LogP contribution in [0.2, 0.25) is 0 Å². The summed E-state index contributed by atoms with van der Waals surface area (Å²) in [7, 11) is 0. The molecule has 2 aromatic rings. The number of guanidine groups is 1. The van der Waals surface area contributed by atoms with Crippen molar-refractivity contribution in [1.82, 2.24) is 15.6 Å². The van der Waals surface area contributed by atoms with E-state index in [1.807, 2.05) is 32.0 Å². The van der Waals surface area contributed by atoms with E-state index in [4.69, 9.17) is 4.42 Å². The van der Waals surface area contributed by atoms with Crippen LogP contribution in [0.5, 0.6) is 0 Å². The number of carbonyl (C=O) groups excluding carboxylic acids is 1. The number of aromatic nitrogens is 1. The fraction of sp³-hybridized carbons (Fsp3) is 0.353. The maximum Gasteiger partial charge on any atom is 0.227 e. The Morgan fingerprint density at radius 2 is 2.17 bits per heavy atom. The molecule has 24 heavy (non-hydrogen) atoms. The summed E-state index contributed by atoms with van der Waals surface area (Å²) < 4.78 is 5.25. The van der Waals surface area contributed by atoms with Gasteiger partial charge in [-0.15, -0.1) is 0 Å². The van der Waals surface area contributed by atoms with Crippen molar-refractivity contribution < 1.29 is 9.21 Å². The Bertz CT molecular complexity index is 650. The second kappa shape index (κ2) is 9.34. The van der Waals surface area contributed by atoms with Crippen LogP contribution < -0.4 is 16.0 Å². The number of anilines is 1. The zero-order valence-corrected chi connectivity index (χ0v) is 14.0. The van der Waals surface area contributed by atoms with Gasteiger partial charge in [0.1, 0.15) is 18.1 Å². The molecular formula is C17H23N5O2. The van der Waals surface area contributed by atoms with E-state index in [0.717, 1.165) is 17.9 Å². The van der Waals surface area contributed by atoms with Crippen molar-refractivity contribution >= 4 is 17.7 Å². The zero-order valence-electron chi connectivity index (χ0n) is 14.0. The van der Waals surface area contributed by atoms with Crippen molar-refractivity contribution in [1.29, 1.82) is 0 Å². The third kappa shape index (κ3) is 6.12. The minimum Gasteiger partial charge on any atom is -0.467 e. The van der Waals surface area contributed by atoms with E-state index in [0.29, 0.717) is 31.3 Å². The Morgan fingerprint density at radius 3 is 2.83 bits per heavy atom. The molecule has 1 amide bonds. The van der Waals surface area contributed by atoms with E-state index in [1.165, 1.54) is 0 Å². The summed E-state index contributed by atoms with van der Waals surface area (Å²) >= 11 is 0. The summed E-state index contributed by atoms with van der Waals surface area (Å²) in [5, 5.41) is 9.02. The summed E-state index contributed by atoms with van der Waals surface area (Å²) in [6, 6.07) is 7.39. The zero-order chi connectivity index (χ0) is 17.2. The molecule has 0 aliphatic heterocycles. The lowest BCUT2D eigenvalue weighted by Crippen LogP contribution is -2.38. The second-order valence-corrected chi connectivity index (χ2v) is 5.22. The molecule has 0 bridgehead atoms. The molecule has 0 spiro atoms. The van der Waals surface area contributed by atoms with Gasteiger partial charge in [-0.2, -0.15) is 0 Å². The standard InChI is InChI=1S/C17H23N5O2/c1-3-18-17(21-12-14-5-4-10-24-14)19-9-8-16(23)22-15-7-6-13(2)11-20-15/h4-7,10-11H,3,8-9,12H2,1-2H3,(H2,18,19,21)(H,20,22,23). The lowest BCUT2D eigenvalue weighted by atomic mass is 10.3. The van der Waals surface area contributed by atoms with E-state index in [2.05, 4.69) is 25.9 Å². The summed E-state index contributed by atoms with van der Waals surface area (Å²) in [4.78, 5) is 20.5. The van der Waals surface area contributed by atoms with Crippen molar-refractivity contribution in [3.05, 3.63) is 48.0 Å². The van der Waals surface area contributed by atoms with E-state index in [-0.39, 0.29) is 5.91 Å². The summed E-state index contributed by atoms with van der Waals surface area (Å²) in [6.07, 6.45) is 3.66. The molecule has 2 heterocycles. The minimum atomic E-state index is -0.0965. The molecule has 3 N–H and O–H groups in total. The number of aliphatic imine (C=N–C) groups is 1. The van der Waals surface area contributed by atoms with Gasteiger partial charge in [0.15, 0.2) is 5.96 Å². The van der Waals surface area contributed by atoms with Gasteiger partial charge in [0.05, 0.1) is 6.26 Å². The van der Waals surface area contributed by atoms with E-state index in [1.54, 1.807) is 18.5 Å². The average Bonchev–Trinajstić information content (AvgIpc) is 3.08. The molecule has 2 rings (SSSR count). The van der Waals surface area contributed by atoms with Crippen molar-refractivity contribution in [3.63, 3.8) is 0 Å². The molecular weight excluding hydrogens is 306 g/mol. The number of nitrogens with one attached hydrogen (secondary N) is 3. The molecule has 2 aromatic heterocycles. The van der Waals surface area contributed by atoms with Crippen molar-refractivity contribution in [2.24, 2.45) is 4.99 Å². The summed E-state index contributed by atoms with van der Waals surface area (Å²) in [6.45, 7) is 5.60. The molecule has 7 heteroatoms. The number of nitrogens with zero attached hydrogens (tertiary/aromatic N) is 2. The van der Waals surface area contributed by atoms with Gasteiger partial charge < -0.3 is 20.4 Å². The van der Waals surface area contributed by atoms with E-state index < -0.39 is 0 Å². The highest BCUT2D eigenvalue weighted by atomic mass is 16.3. The third-order valence-corrected chi connectivity index (χ3v) is 3.14. The fourth-order valence-electron chi connectivity index (χ4n) is 1.94. The Balaban J connectivity index is 1.76. The third-order valence-electron chi connectivity index (χ3n) is 3.14. The Kier molecular flexibility index (Phi) is 6.82. The SMILES string of the molecule is CCNC(=NCc1ccco1)NCCC(=O)Nc1ccc(C)cn1. The number of hydrogen-bond donors (Lipinski definition) is 3. The van der Waals surface area contributed by atoms with Gasteiger partial charge in [-0.05, 0) is 37.6 Å². The molecule has 0 radical (unpaired) electrons. The molecule has 0 aromatic carbocycles. The van der Waals surface area contributed by atoms with Crippen molar-refractivity contribution in [2.45, 2.75) is 26.8 Å². The smallest absolute Gasteiger partial charge is 0.227 e. The van der Waals surface area contributed by atoms with Gasteiger partial charge in [-0.1, -0.05) is 6.07 Å². The molecule has 0 saturated carbocycles. The number of furan rings is 1. The average molecular weight is 329 g/mol. The van der Waals surface area contributed by atoms with Crippen LogP contribution in [0.3, 0.4) is 0 Å². The number of aryl methyl sites for hydroxylation is 1. The molecule has 0 saturated heterocycles. The highest BCUT2D eigenvalue weighted by Crippen LogP contribution is 2.04. The largest absolute Gasteiger partial charge is 0.467 e. The normalized spacial score (nSPS) is 11.2. The number of carbonyl (C=O) groups is 1. The highest BCUT2D eigenvalue weighted by molar-refractivity contribution is 5.90. The van der Waals surface area contributed by atoms with Crippen LogP contribution in [0.4, 0.5) is 5.82 Å². The molecule has 0 fully saturated rings. The van der Waals surface area contributed by atoms with Gasteiger partial charge in [-0.3, -0.25) is 4.79 Å². The first-order chi connectivity index (χ1) is 11.7. The van der Waals surface area contributed by atoms with E-state index in [9.17, 15) is 4.79 Å². The van der Waals surface area contributed by atoms with Gasteiger partial charge in [0.2, 0.25) is 5.91 Å². The Labute approximate surface area is 141 Å². The van der Waals surface area contributed by atoms with Crippen LogP contribution in [0.15, 0.2) is 46.1 Å². The van der Waals surface area contributed by atoms with Crippen LogP contribution in [-0.4, -0.2) is 29.9 Å². The first-order valence-electron chi connectivity index (χ1n) is 7.94. The second-order valence-electron chi connectivity index (χ2n) is 5.22. The maximum absolute atomic E-state index is 11.9. The van der Waals surface area contributed by atoms with Crippen LogP contribution in [0.1, 0.15) is 24.7 Å². The molecule has 0 aliphatic carbocycles. The highest BCUT2D eigenvalue weighted by Gasteiger charge is 2.04. The first-order valence-corrected chi connectivity index (χ1v) is 7.94. The van der Waals surface area contributed by atoms with Gasteiger partial charge >= 0.3 is 0 Å². The number of rotatable bonds is 7.